The first-order chi connectivity index (χ1) is 11.7. The molecule has 1 amide bonds. The van der Waals surface area contributed by atoms with Crippen LogP contribution in [0.25, 0.3) is 0 Å². The van der Waals surface area contributed by atoms with Gasteiger partial charge in [-0.2, -0.15) is 0 Å². The zero-order chi connectivity index (χ0) is 16.9. The SMILES string of the molecule is COc1ccc2c(c1)OC[C@H](CNC(=O)CCc1nncn1C)C2. The van der Waals surface area contributed by atoms with Crippen LogP contribution in [0.3, 0.4) is 0 Å². The molecule has 0 saturated carbocycles. The molecule has 7 nitrogen and oxygen atoms in total. The highest BCUT2D eigenvalue weighted by molar-refractivity contribution is 5.76. The van der Waals surface area contributed by atoms with Crippen LogP contribution < -0.4 is 14.8 Å². The van der Waals surface area contributed by atoms with Crippen LogP contribution in [0.5, 0.6) is 11.5 Å². The van der Waals surface area contributed by atoms with E-state index < -0.39 is 0 Å². The third kappa shape index (κ3) is 3.84. The second-order valence-corrected chi connectivity index (χ2v) is 6.02. The van der Waals surface area contributed by atoms with Crippen LogP contribution in [0, 0.1) is 5.92 Å². The van der Waals surface area contributed by atoms with Gasteiger partial charge in [-0.15, -0.1) is 10.2 Å². The number of nitrogens with zero attached hydrogens (tertiary/aromatic N) is 3. The molecule has 1 atom stereocenters. The van der Waals surface area contributed by atoms with Gasteiger partial charge in [-0.3, -0.25) is 4.79 Å². The number of hydrogen-bond acceptors (Lipinski definition) is 5. The fraction of sp³-hybridized carbons (Fsp3) is 0.471. The largest absolute Gasteiger partial charge is 0.497 e. The Morgan fingerprint density at radius 1 is 1.50 bits per heavy atom. The molecule has 3 rings (SSSR count). The monoisotopic (exact) mass is 330 g/mol. The van der Waals surface area contributed by atoms with Crippen LogP contribution in [-0.4, -0.2) is 40.9 Å². The standard InChI is InChI=1S/C17H22N4O3/c1-21-11-19-20-16(21)5-6-17(22)18-9-12-7-13-3-4-14(23-2)8-15(13)24-10-12/h3-4,8,11-12H,5-7,9-10H2,1-2H3,(H,18,22)/t12-/m0/s1. The number of aryl methyl sites for hydroxylation is 2. The van der Waals surface area contributed by atoms with Crippen LogP contribution >= 0.6 is 0 Å². The Morgan fingerprint density at radius 2 is 2.38 bits per heavy atom. The minimum atomic E-state index is 0.0264. The molecule has 2 aromatic rings. The number of aromatic nitrogens is 3. The van der Waals surface area contributed by atoms with Crippen molar-refractivity contribution in [3.63, 3.8) is 0 Å². The van der Waals surface area contributed by atoms with E-state index in [1.165, 1.54) is 0 Å². The number of hydrogen-bond donors (Lipinski definition) is 1. The quantitative estimate of drug-likeness (QED) is 0.859. The second-order valence-electron chi connectivity index (χ2n) is 6.02. The molecule has 1 aliphatic heterocycles. The third-order valence-corrected chi connectivity index (χ3v) is 4.23. The molecule has 24 heavy (non-hydrogen) atoms. The first-order valence-corrected chi connectivity index (χ1v) is 8.05. The first kappa shape index (κ1) is 16.3. The number of carbonyl (C=O) groups is 1. The maximum Gasteiger partial charge on any atom is 0.220 e. The summed E-state index contributed by atoms with van der Waals surface area (Å²) in [6.07, 6.45) is 3.53. The van der Waals surface area contributed by atoms with Gasteiger partial charge < -0.3 is 19.4 Å². The predicted molar refractivity (Wildman–Crippen MR) is 88.0 cm³/mol. The summed E-state index contributed by atoms with van der Waals surface area (Å²) < 4.78 is 12.8. The molecule has 0 fully saturated rings. The summed E-state index contributed by atoms with van der Waals surface area (Å²) in [6, 6.07) is 5.87. The number of benzene rings is 1. The van der Waals surface area contributed by atoms with E-state index in [0.29, 0.717) is 26.0 Å². The molecule has 0 unspecified atom stereocenters. The topological polar surface area (TPSA) is 78.3 Å². The lowest BCUT2D eigenvalue weighted by molar-refractivity contribution is -0.121. The van der Waals surface area contributed by atoms with E-state index in [-0.39, 0.29) is 11.8 Å². The van der Waals surface area contributed by atoms with Gasteiger partial charge in [-0.05, 0) is 18.1 Å². The van der Waals surface area contributed by atoms with E-state index in [0.717, 1.165) is 29.3 Å². The summed E-state index contributed by atoms with van der Waals surface area (Å²) in [7, 11) is 3.52. The molecule has 0 aliphatic carbocycles. The predicted octanol–water partition coefficient (Wildman–Crippen LogP) is 1.12. The molecule has 1 aliphatic rings. The Balaban J connectivity index is 1.45. The van der Waals surface area contributed by atoms with E-state index in [9.17, 15) is 4.79 Å². The highest BCUT2D eigenvalue weighted by atomic mass is 16.5. The number of carbonyl (C=O) groups excluding carboxylic acids is 1. The van der Waals surface area contributed by atoms with Crippen molar-refractivity contribution in [2.24, 2.45) is 13.0 Å². The number of methoxy groups -OCH3 is 1. The summed E-state index contributed by atoms with van der Waals surface area (Å²) in [5.74, 6) is 2.79. The second kappa shape index (κ2) is 7.33. The van der Waals surface area contributed by atoms with Crippen molar-refractivity contribution in [2.45, 2.75) is 19.3 Å². The van der Waals surface area contributed by atoms with Crippen LogP contribution in [0.2, 0.25) is 0 Å². The zero-order valence-corrected chi connectivity index (χ0v) is 14.0. The Morgan fingerprint density at radius 3 is 3.12 bits per heavy atom. The average Bonchev–Trinajstić information content (AvgIpc) is 3.02. The number of ether oxygens (including phenoxy) is 2. The highest BCUT2D eigenvalue weighted by Crippen LogP contribution is 2.30. The molecule has 7 heteroatoms. The van der Waals surface area contributed by atoms with Gasteiger partial charge in [0.25, 0.3) is 0 Å². The van der Waals surface area contributed by atoms with E-state index in [1.807, 2.05) is 29.8 Å². The molecular weight excluding hydrogens is 308 g/mol. The van der Waals surface area contributed by atoms with Gasteiger partial charge in [0, 0.05) is 38.4 Å². The molecule has 0 bridgehead atoms. The lowest BCUT2D eigenvalue weighted by atomic mass is 9.96. The van der Waals surface area contributed by atoms with Crippen LogP contribution in [-0.2, 0) is 24.7 Å². The van der Waals surface area contributed by atoms with Gasteiger partial charge in [0.1, 0.15) is 23.7 Å². The van der Waals surface area contributed by atoms with Crippen molar-refractivity contribution in [3.8, 4) is 11.5 Å². The number of fused-ring (bicyclic) bond motifs is 1. The van der Waals surface area contributed by atoms with Gasteiger partial charge in [-0.1, -0.05) is 6.07 Å². The van der Waals surface area contributed by atoms with Crippen molar-refractivity contribution in [1.82, 2.24) is 20.1 Å². The Labute approximate surface area is 141 Å². The highest BCUT2D eigenvalue weighted by Gasteiger charge is 2.21. The van der Waals surface area contributed by atoms with Crippen LogP contribution in [0.15, 0.2) is 24.5 Å². The summed E-state index contributed by atoms with van der Waals surface area (Å²) >= 11 is 0. The van der Waals surface area contributed by atoms with Crippen LogP contribution in [0.1, 0.15) is 17.8 Å². The molecule has 0 spiro atoms. The maximum absolute atomic E-state index is 12.0. The van der Waals surface area contributed by atoms with E-state index in [4.69, 9.17) is 9.47 Å². The third-order valence-electron chi connectivity index (χ3n) is 4.23. The summed E-state index contributed by atoms with van der Waals surface area (Å²) in [5, 5.41) is 10.8. The Hall–Kier alpha value is -2.57. The summed E-state index contributed by atoms with van der Waals surface area (Å²) in [4.78, 5) is 12.0. The first-order valence-electron chi connectivity index (χ1n) is 8.05. The number of amides is 1. The van der Waals surface area contributed by atoms with Crippen LogP contribution in [0.4, 0.5) is 0 Å². The smallest absolute Gasteiger partial charge is 0.220 e. The molecule has 1 N–H and O–H groups in total. The van der Waals surface area contributed by atoms with Crippen molar-refractivity contribution in [3.05, 3.63) is 35.9 Å². The molecule has 0 radical (unpaired) electrons. The molecule has 0 saturated heterocycles. The van der Waals surface area contributed by atoms with Crippen molar-refractivity contribution in [1.29, 1.82) is 0 Å². The fourth-order valence-electron chi connectivity index (χ4n) is 2.78. The van der Waals surface area contributed by atoms with E-state index in [1.54, 1.807) is 13.4 Å². The number of rotatable bonds is 6. The normalized spacial score (nSPS) is 16.2. The van der Waals surface area contributed by atoms with Crippen molar-refractivity contribution < 1.29 is 14.3 Å². The van der Waals surface area contributed by atoms with Gasteiger partial charge in [0.2, 0.25) is 5.91 Å². The summed E-state index contributed by atoms with van der Waals surface area (Å²) in [6.45, 7) is 1.22. The van der Waals surface area contributed by atoms with Gasteiger partial charge in [0.05, 0.1) is 13.7 Å². The minimum absolute atomic E-state index is 0.0264. The Kier molecular flexibility index (Phi) is 4.98. The zero-order valence-electron chi connectivity index (χ0n) is 14.0. The minimum Gasteiger partial charge on any atom is -0.497 e. The van der Waals surface area contributed by atoms with Gasteiger partial charge in [0.15, 0.2) is 0 Å². The van der Waals surface area contributed by atoms with Gasteiger partial charge >= 0.3 is 0 Å². The van der Waals surface area contributed by atoms with E-state index in [2.05, 4.69) is 15.5 Å². The summed E-state index contributed by atoms with van der Waals surface area (Å²) in [5.41, 5.74) is 1.15. The average molecular weight is 330 g/mol. The molecule has 128 valence electrons. The molecule has 1 aromatic heterocycles. The Bertz CT molecular complexity index is 714. The van der Waals surface area contributed by atoms with Gasteiger partial charge in [-0.25, -0.2) is 0 Å². The fourth-order valence-corrected chi connectivity index (χ4v) is 2.78. The van der Waals surface area contributed by atoms with E-state index >= 15 is 0 Å². The van der Waals surface area contributed by atoms with Crippen molar-refractivity contribution in [2.75, 3.05) is 20.3 Å². The molecular formula is C17H22N4O3. The lowest BCUT2D eigenvalue weighted by Gasteiger charge is -2.25. The lowest BCUT2D eigenvalue weighted by Crippen LogP contribution is -2.35. The van der Waals surface area contributed by atoms with Crippen molar-refractivity contribution >= 4 is 5.91 Å². The maximum atomic E-state index is 12.0. The molecule has 2 heterocycles. The molecule has 1 aromatic carbocycles. The number of nitrogens with one attached hydrogen (secondary N) is 1.